The van der Waals surface area contributed by atoms with Gasteiger partial charge in [-0.3, -0.25) is 9.58 Å². The number of anilines is 1. The predicted octanol–water partition coefficient (Wildman–Crippen LogP) is 1.86. The SMILES string of the molecule is CCn1nc(N)cc1CN1CCCC[C@H]1C. The van der Waals surface area contributed by atoms with Gasteiger partial charge in [0.05, 0.1) is 5.69 Å². The Morgan fingerprint density at radius 1 is 1.50 bits per heavy atom. The Balaban J connectivity index is 2.06. The number of hydrogen-bond acceptors (Lipinski definition) is 3. The maximum atomic E-state index is 5.74. The van der Waals surface area contributed by atoms with Crippen LogP contribution in [0, 0.1) is 0 Å². The summed E-state index contributed by atoms with van der Waals surface area (Å²) in [7, 11) is 0. The summed E-state index contributed by atoms with van der Waals surface area (Å²) in [5, 5.41) is 4.29. The van der Waals surface area contributed by atoms with E-state index in [0.717, 1.165) is 13.1 Å². The van der Waals surface area contributed by atoms with E-state index in [1.165, 1.54) is 31.5 Å². The van der Waals surface area contributed by atoms with Crippen LogP contribution < -0.4 is 5.73 Å². The fourth-order valence-electron chi connectivity index (χ4n) is 2.48. The summed E-state index contributed by atoms with van der Waals surface area (Å²) in [4.78, 5) is 2.53. The van der Waals surface area contributed by atoms with Gasteiger partial charge in [-0.05, 0) is 33.2 Å². The standard InChI is InChI=1S/C12H22N4/c1-3-16-11(8-12(13)14-16)9-15-7-5-4-6-10(15)2/h8,10H,3-7,9H2,1-2H3,(H2,13,14)/t10-/m1/s1. The van der Waals surface area contributed by atoms with E-state index < -0.39 is 0 Å². The van der Waals surface area contributed by atoms with E-state index in [4.69, 9.17) is 5.73 Å². The molecule has 0 saturated carbocycles. The third-order valence-electron chi connectivity index (χ3n) is 3.49. The fraction of sp³-hybridized carbons (Fsp3) is 0.750. The molecule has 16 heavy (non-hydrogen) atoms. The van der Waals surface area contributed by atoms with Crippen LogP contribution in [0.25, 0.3) is 0 Å². The zero-order chi connectivity index (χ0) is 11.5. The molecule has 0 bridgehead atoms. The lowest BCUT2D eigenvalue weighted by Gasteiger charge is -2.33. The van der Waals surface area contributed by atoms with E-state index in [-0.39, 0.29) is 0 Å². The van der Waals surface area contributed by atoms with Crippen LogP contribution in [0.5, 0.6) is 0 Å². The lowest BCUT2D eigenvalue weighted by atomic mass is 10.0. The van der Waals surface area contributed by atoms with E-state index in [0.29, 0.717) is 11.9 Å². The Hall–Kier alpha value is -1.03. The summed E-state index contributed by atoms with van der Waals surface area (Å²) in [6, 6.07) is 2.69. The molecule has 1 fully saturated rings. The predicted molar refractivity (Wildman–Crippen MR) is 66.0 cm³/mol. The van der Waals surface area contributed by atoms with Crippen molar-refractivity contribution in [2.75, 3.05) is 12.3 Å². The molecule has 0 aromatic carbocycles. The highest BCUT2D eigenvalue weighted by Gasteiger charge is 2.19. The van der Waals surface area contributed by atoms with Crippen molar-refractivity contribution in [1.29, 1.82) is 0 Å². The van der Waals surface area contributed by atoms with E-state index in [1.54, 1.807) is 0 Å². The molecule has 90 valence electrons. The smallest absolute Gasteiger partial charge is 0.145 e. The number of nitrogen functional groups attached to an aromatic ring is 1. The minimum absolute atomic E-state index is 0.640. The minimum atomic E-state index is 0.640. The molecule has 4 heteroatoms. The van der Waals surface area contributed by atoms with Crippen LogP contribution in [0.3, 0.4) is 0 Å². The van der Waals surface area contributed by atoms with Crippen molar-refractivity contribution in [1.82, 2.24) is 14.7 Å². The third kappa shape index (κ3) is 2.38. The van der Waals surface area contributed by atoms with Gasteiger partial charge in [-0.15, -0.1) is 0 Å². The Morgan fingerprint density at radius 3 is 3.00 bits per heavy atom. The summed E-state index contributed by atoms with van der Waals surface area (Å²) < 4.78 is 2.01. The monoisotopic (exact) mass is 222 g/mol. The van der Waals surface area contributed by atoms with Gasteiger partial charge in [-0.2, -0.15) is 5.10 Å². The molecule has 1 aliphatic rings. The number of nitrogens with two attached hydrogens (primary N) is 1. The highest BCUT2D eigenvalue weighted by Crippen LogP contribution is 2.19. The Morgan fingerprint density at radius 2 is 2.31 bits per heavy atom. The van der Waals surface area contributed by atoms with Gasteiger partial charge in [-0.25, -0.2) is 0 Å². The van der Waals surface area contributed by atoms with Crippen LogP contribution in [0.1, 0.15) is 38.8 Å². The van der Waals surface area contributed by atoms with Gasteiger partial charge in [0.25, 0.3) is 0 Å². The largest absolute Gasteiger partial charge is 0.382 e. The Labute approximate surface area is 97.4 Å². The Kier molecular flexibility index (Phi) is 3.49. The average molecular weight is 222 g/mol. The highest BCUT2D eigenvalue weighted by atomic mass is 15.3. The molecule has 0 aliphatic carbocycles. The molecule has 1 aliphatic heterocycles. The van der Waals surface area contributed by atoms with Crippen LogP contribution in [0.15, 0.2) is 6.07 Å². The molecule has 1 aromatic rings. The number of rotatable bonds is 3. The van der Waals surface area contributed by atoms with Gasteiger partial charge in [0, 0.05) is 25.2 Å². The number of hydrogen-bond donors (Lipinski definition) is 1. The summed E-state index contributed by atoms with van der Waals surface area (Å²) in [6.07, 6.45) is 4.00. The fourth-order valence-corrected chi connectivity index (χ4v) is 2.48. The van der Waals surface area contributed by atoms with Crippen molar-refractivity contribution in [3.8, 4) is 0 Å². The molecule has 0 radical (unpaired) electrons. The first kappa shape index (κ1) is 11.5. The van der Waals surface area contributed by atoms with Gasteiger partial charge in [0.2, 0.25) is 0 Å². The molecular formula is C12H22N4. The van der Waals surface area contributed by atoms with Crippen molar-refractivity contribution in [2.24, 2.45) is 0 Å². The first-order valence-electron chi connectivity index (χ1n) is 6.27. The van der Waals surface area contributed by atoms with E-state index in [1.807, 2.05) is 10.7 Å². The van der Waals surface area contributed by atoms with Crippen molar-refractivity contribution in [3.63, 3.8) is 0 Å². The van der Waals surface area contributed by atoms with Crippen molar-refractivity contribution >= 4 is 5.82 Å². The molecule has 0 unspecified atom stereocenters. The molecular weight excluding hydrogens is 200 g/mol. The zero-order valence-corrected chi connectivity index (χ0v) is 10.3. The Bertz CT molecular complexity index is 345. The third-order valence-corrected chi connectivity index (χ3v) is 3.49. The number of aromatic nitrogens is 2. The number of nitrogens with zero attached hydrogens (tertiary/aromatic N) is 3. The zero-order valence-electron chi connectivity index (χ0n) is 10.3. The molecule has 2 rings (SSSR count). The van der Waals surface area contributed by atoms with Gasteiger partial charge in [-0.1, -0.05) is 6.42 Å². The van der Waals surface area contributed by atoms with Crippen molar-refractivity contribution in [3.05, 3.63) is 11.8 Å². The molecule has 1 atom stereocenters. The molecule has 0 spiro atoms. The van der Waals surface area contributed by atoms with Gasteiger partial charge >= 0.3 is 0 Å². The minimum Gasteiger partial charge on any atom is -0.382 e. The van der Waals surface area contributed by atoms with Gasteiger partial charge in [0.1, 0.15) is 5.82 Å². The van der Waals surface area contributed by atoms with E-state index >= 15 is 0 Å². The molecule has 0 amide bonds. The molecule has 1 aromatic heterocycles. The van der Waals surface area contributed by atoms with E-state index in [2.05, 4.69) is 23.8 Å². The molecule has 1 saturated heterocycles. The van der Waals surface area contributed by atoms with E-state index in [9.17, 15) is 0 Å². The molecule has 2 N–H and O–H groups in total. The van der Waals surface area contributed by atoms with Crippen LogP contribution >= 0.6 is 0 Å². The summed E-state index contributed by atoms with van der Waals surface area (Å²) in [5.74, 6) is 0.640. The number of likely N-dealkylation sites (tertiary alicyclic amines) is 1. The quantitative estimate of drug-likeness (QED) is 0.849. The van der Waals surface area contributed by atoms with Crippen molar-refractivity contribution < 1.29 is 0 Å². The highest BCUT2D eigenvalue weighted by molar-refractivity contribution is 5.29. The first-order valence-corrected chi connectivity index (χ1v) is 6.27. The summed E-state index contributed by atoms with van der Waals surface area (Å²) >= 11 is 0. The van der Waals surface area contributed by atoms with Crippen LogP contribution in [-0.4, -0.2) is 27.3 Å². The summed E-state index contributed by atoms with van der Waals surface area (Å²) in [5.41, 5.74) is 6.99. The topological polar surface area (TPSA) is 47.1 Å². The average Bonchev–Trinajstić information content (AvgIpc) is 2.62. The molecule has 4 nitrogen and oxygen atoms in total. The van der Waals surface area contributed by atoms with Gasteiger partial charge in [0.15, 0.2) is 0 Å². The first-order chi connectivity index (χ1) is 7.70. The second-order valence-corrected chi connectivity index (χ2v) is 4.69. The second-order valence-electron chi connectivity index (χ2n) is 4.69. The maximum absolute atomic E-state index is 5.74. The normalized spacial score (nSPS) is 22.5. The molecule has 2 heterocycles. The lowest BCUT2D eigenvalue weighted by molar-refractivity contribution is 0.148. The van der Waals surface area contributed by atoms with Crippen LogP contribution in [-0.2, 0) is 13.1 Å². The van der Waals surface area contributed by atoms with Crippen molar-refractivity contribution in [2.45, 2.75) is 52.2 Å². The maximum Gasteiger partial charge on any atom is 0.145 e. The van der Waals surface area contributed by atoms with Crippen LogP contribution in [0.4, 0.5) is 5.82 Å². The number of aryl methyl sites for hydroxylation is 1. The van der Waals surface area contributed by atoms with Gasteiger partial charge < -0.3 is 5.73 Å². The summed E-state index contributed by atoms with van der Waals surface area (Å²) in [6.45, 7) is 7.51. The second kappa shape index (κ2) is 4.87. The van der Waals surface area contributed by atoms with Crippen LogP contribution in [0.2, 0.25) is 0 Å². The number of piperidine rings is 1. The lowest BCUT2D eigenvalue weighted by Crippen LogP contribution is -2.37.